The molecule has 5 heteroatoms. The number of amides is 2. The molecule has 0 atom stereocenters. The van der Waals surface area contributed by atoms with E-state index in [-0.39, 0.29) is 11.8 Å². The van der Waals surface area contributed by atoms with Gasteiger partial charge < -0.3 is 15.4 Å². The molecule has 0 aromatic heterocycles. The van der Waals surface area contributed by atoms with Gasteiger partial charge in [0.25, 0.3) is 0 Å². The number of rotatable bonds is 7. The average molecular weight is 326 g/mol. The number of ether oxygens (including phenoxy) is 1. The van der Waals surface area contributed by atoms with Crippen LogP contribution < -0.4 is 15.4 Å². The monoisotopic (exact) mass is 326 g/mol. The van der Waals surface area contributed by atoms with E-state index in [2.05, 4.69) is 17.6 Å². The van der Waals surface area contributed by atoms with E-state index in [1.54, 1.807) is 24.3 Å². The lowest BCUT2D eigenvalue weighted by Gasteiger charge is -2.09. The summed E-state index contributed by atoms with van der Waals surface area (Å²) in [6.07, 6.45) is 0.995. The zero-order valence-electron chi connectivity index (χ0n) is 14.0. The summed E-state index contributed by atoms with van der Waals surface area (Å²) in [7, 11) is 0. The largest absolute Gasteiger partial charge is 0.492 e. The van der Waals surface area contributed by atoms with Gasteiger partial charge in [-0.1, -0.05) is 19.1 Å². The Morgan fingerprint density at radius 3 is 2.25 bits per heavy atom. The topological polar surface area (TPSA) is 67.4 Å². The van der Waals surface area contributed by atoms with Crippen LogP contribution in [0.4, 0.5) is 10.5 Å². The SMILES string of the molecule is CCc1ccc(OCCNC(=O)Nc2ccc(C(C)=O)cc2)cc1. The van der Waals surface area contributed by atoms with Crippen LogP contribution in [0.5, 0.6) is 5.75 Å². The molecular formula is C19H22N2O3. The van der Waals surface area contributed by atoms with Crippen molar-refractivity contribution in [2.75, 3.05) is 18.5 Å². The third-order valence-electron chi connectivity index (χ3n) is 3.54. The van der Waals surface area contributed by atoms with Crippen LogP contribution in [0.3, 0.4) is 0 Å². The van der Waals surface area contributed by atoms with E-state index in [0.29, 0.717) is 24.4 Å². The molecule has 0 aliphatic rings. The minimum Gasteiger partial charge on any atom is -0.492 e. The summed E-state index contributed by atoms with van der Waals surface area (Å²) in [6, 6.07) is 14.4. The maximum atomic E-state index is 11.8. The van der Waals surface area contributed by atoms with Crippen molar-refractivity contribution >= 4 is 17.5 Å². The molecule has 0 aliphatic heterocycles. The molecule has 2 aromatic carbocycles. The Kier molecular flexibility index (Phi) is 6.37. The number of hydrogen-bond acceptors (Lipinski definition) is 3. The van der Waals surface area contributed by atoms with Crippen molar-refractivity contribution in [2.24, 2.45) is 0 Å². The second-order valence-electron chi connectivity index (χ2n) is 5.36. The Morgan fingerprint density at radius 1 is 1.00 bits per heavy atom. The van der Waals surface area contributed by atoms with Gasteiger partial charge in [0.15, 0.2) is 5.78 Å². The Bertz CT molecular complexity index is 679. The third kappa shape index (κ3) is 5.43. The van der Waals surface area contributed by atoms with Crippen molar-refractivity contribution < 1.29 is 14.3 Å². The van der Waals surface area contributed by atoms with E-state index in [4.69, 9.17) is 4.74 Å². The number of aryl methyl sites for hydroxylation is 1. The van der Waals surface area contributed by atoms with E-state index in [1.165, 1.54) is 12.5 Å². The Balaban J connectivity index is 1.69. The predicted molar refractivity (Wildman–Crippen MR) is 94.8 cm³/mol. The summed E-state index contributed by atoms with van der Waals surface area (Å²) in [5, 5.41) is 5.42. The quantitative estimate of drug-likeness (QED) is 0.603. The van der Waals surface area contributed by atoms with Crippen molar-refractivity contribution in [3.05, 3.63) is 59.7 Å². The number of hydrogen-bond donors (Lipinski definition) is 2. The van der Waals surface area contributed by atoms with E-state index < -0.39 is 0 Å². The van der Waals surface area contributed by atoms with Gasteiger partial charge in [-0.25, -0.2) is 4.79 Å². The highest BCUT2D eigenvalue weighted by molar-refractivity contribution is 5.95. The van der Waals surface area contributed by atoms with Crippen molar-refractivity contribution in [3.63, 3.8) is 0 Å². The Hall–Kier alpha value is -2.82. The smallest absolute Gasteiger partial charge is 0.319 e. The molecule has 2 rings (SSSR count). The van der Waals surface area contributed by atoms with E-state index >= 15 is 0 Å². The first-order valence-corrected chi connectivity index (χ1v) is 7.96. The number of anilines is 1. The van der Waals surface area contributed by atoms with Crippen LogP contribution in [0.1, 0.15) is 29.8 Å². The van der Waals surface area contributed by atoms with Crippen molar-refractivity contribution in [1.82, 2.24) is 5.32 Å². The van der Waals surface area contributed by atoms with Crippen LogP contribution in [-0.4, -0.2) is 25.0 Å². The first kappa shape index (κ1) is 17.5. The molecule has 24 heavy (non-hydrogen) atoms. The lowest BCUT2D eigenvalue weighted by molar-refractivity contribution is 0.101. The van der Waals surface area contributed by atoms with Gasteiger partial charge in [-0.05, 0) is 55.3 Å². The van der Waals surface area contributed by atoms with Gasteiger partial charge in [0.05, 0.1) is 6.54 Å². The average Bonchev–Trinajstić information content (AvgIpc) is 2.59. The van der Waals surface area contributed by atoms with Crippen LogP contribution in [-0.2, 0) is 6.42 Å². The minimum absolute atomic E-state index is 0.00452. The molecule has 5 nitrogen and oxygen atoms in total. The number of urea groups is 1. The van der Waals surface area contributed by atoms with E-state index in [0.717, 1.165) is 12.2 Å². The highest BCUT2D eigenvalue weighted by Crippen LogP contribution is 2.12. The molecule has 0 spiro atoms. The summed E-state index contributed by atoms with van der Waals surface area (Å²) >= 11 is 0. The Morgan fingerprint density at radius 2 is 1.67 bits per heavy atom. The van der Waals surface area contributed by atoms with Gasteiger partial charge in [0.1, 0.15) is 12.4 Å². The van der Waals surface area contributed by atoms with Gasteiger partial charge >= 0.3 is 6.03 Å². The number of carbonyl (C=O) groups is 2. The van der Waals surface area contributed by atoms with Crippen molar-refractivity contribution in [1.29, 1.82) is 0 Å². The number of carbonyl (C=O) groups excluding carboxylic acids is 2. The summed E-state index contributed by atoms with van der Waals surface area (Å²) in [5.41, 5.74) is 2.51. The molecule has 2 aromatic rings. The first-order chi connectivity index (χ1) is 11.6. The van der Waals surface area contributed by atoms with Crippen molar-refractivity contribution in [3.8, 4) is 5.75 Å². The van der Waals surface area contributed by atoms with Crippen LogP contribution in [0.15, 0.2) is 48.5 Å². The zero-order chi connectivity index (χ0) is 17.4. The number of nitrogens with one attached hydrogen (secondary N) is 2. The molecular weight excluding hydrogens is 304 g/mol. The van der Waals surface area contributed by atoms with Crippen molar-refractivity contribution in [2.45, 2.75) is 20.3 Å². The maximum absolute atomic E-state index is 11.8. The minimum atomic E-state index is -0.310. The standard InChI is InChI=1S/C19H22N2O3/c1-3-15-4-10-18(11-5-15)24-13-12-20-19(23)21-17-8-6-16(7-9-17)14(2)22/h4-11H,3,12-13H2,1-2H3,(H2,20,21,23). The molecule has 0 saturated heterocycles. The number of benzene rings is 2. The zero-order valence-corrected chi connectivity index (χ0v) is 14.0. The summed E-state index contributed by atoms with van der Waals surface area (Å²) in [4.78, 5) is 23.0. The van der Waals surface area contributed by atoms with Gasteiger partial charge in [0.2, 0.25) is 0 Å². The fraction of sp³-hybridized carbons (Fsp3) is 0.263. The fourth-order valence-electron chi connectivity index (χ4n) is 2.12. The molecule has 0 radical (unpaired) electrons. The lowest BCUT2D eigenvalue weighted by Crippen LogP contribution is -2.32. The van der Waals surface area contributed by atoms with Crippen LogP contribution in [0, 0.1) is 0 Å². The molecule has 0 saturated carbocycles. The van der Waals surface area contributed by atoms with Gasteiger partial charge in [-0.3, -0.25) is 4.79 Å². The lowest BCUT2D eigenvalue weighted by atomic mass is 10.1. The molecule has 0 fully saturated rings. The third-order valence-corrected chi connectivity index (χ3v) is 3.54. The summed E-state index contributed by atoms with van der Waals surface area (Å²) in [5.74, 6) is 0.782. The normalized spacial score (nSPS) is 10.1. The molecule has 126 valence electrons. The molecule has 2 amide bonds. The van der Waals surface area contributed by atoms with E-state index in [9.17, 15) is 9.59 Å². The highest BCUT2D eigenvalue weighted by Gasteiger charge is 2.03. The second-order valence-corrected chi connectivity index (χ2v) is 5.36. The molecule has 2 N–H and O–H groups in total. The molecule has 0 unspecified atom stereocenters. The number of ketones is 1. The molecule has 0 aliphatic carbocycles. The molecule has 0 bridgehead atoms. The van der Waals surface area contributed by atoms with Crippen LogP contribution in [0.2, 0.25) is 0 Å². The second kappa shape index (κ2) is 8.72. The summed E-state index contributed by atoms with van der Waals surface area (Å²) < 4.78 is 5.57. The molecule has 0 heterocycles. The van der Waals surface area contributed by atoms with Gasteiger partial charge in [0, 0.05) is 11.3 Å². The summed E-state index contributed by atoms with van der Waals surface area (Å²) in [6.45, 7) is 4.39. The Labute approximate surface area is 142 Å². The van der Waals surface area contributed by atoms with Crippen LogP contribution >= 0.6 is 0 Å². The first-order valence-electron chi connectivity index (χ1n) is 7.96. The predicted octanol–water partition coefficient (Wildman–Crippen LogP) is 3.65. The number of Topliss-reactive ketones (excluding diaryl/α,β-unsaturated/α-hetero) is 1. The maximum Gasteiger partial charge on any atom is 0.319 e. The van der Waals surface area contributed by atoms with E-state index in [1.807, 2.05) is 24.3 Å². The van der Waals surface area contributed by atoms with Crippen LogP contribution in [0.25, 0.3) is 0 Å². The van der Waals surface area contributed by atoms with Gasteiger partial charge in [-0.2, -0.15) is 0 Å². The fourth-order valence-corrected chi connectivity index (χ4v) is 2.12. The van der Waals surface area contributed by atoms with Gasteiger partial charge in [-0.15, -0.1) is 0 Å². The highest BCUT2D eigenvalue weighted by atomic mass is 16.5.